The molecule has 1 heterocycles. The zero-order valence-electron chi connectivity index (χ0n) is 22.1. The molecule has 38 heavy (non-hydrogen) atoms. The van der Waals surface area contributed by atoms with E-state index in [0.29, 0.717) is 17.7 Å². The topological polar surface area (TPSA) is 70.6 Å². The number of benzene rings is 3. The fraction of sp³-hybridized carbons (Fsp3) is 0.387. The van der Waals surface area contributed by atoms with Gasteiger partial charge < -0.3 is 20.5 Å². The molecule has 0 aromatic heterocycles. The van der Waals surface area contributed by atoms with Crippen molar-refractivity contribution in [2.75, 3.05) is 13.2 Å². The van der Waals surface area contributed by atoms with E-state index in [-0.39, 0.29) is 30.3 Å². The van der Waals surface area contributed by atoms with E-state index in [9.17, 15) is 18.7 Å². The van der Waals surface area contributed by atoms with E-state index in [4.69, 9.17) is 4.74 Å². The van der Waals surface area contributed by atoms with Crippen molar-refractivity contribution in [2.45, 2.75) is 58.2 Å². The Balaban J connectivity index is 1.50. The van der Waals surface area contributed by atoms with Crippen LogP contribution in [0, 0.1) is 17.0 Å². The van der Waals surface area contributed by atoms with Gasteiger partial charge in [0.15, 0.2) is 0 Å². The Morgan fingerprint density at radius 1 is 1.03 bits per heavy atom. The Kier molecular flexibility index (Phi) is 8.80. The lowest BCUT2D eigenvalue weighted by molar-refractivity contribution is 0.0819. The fourth-order valence-corrected chi connectivity index (χ4v) is 4.89. The van der Waals surface area contributed by atoms with Crippen LogP contribution in [0.1, 0.15) is 60.3 Å². The Morgan fingerprint density at radius 2 is 1.74 bits per heavy atom. The van der Waals surface area contributed by atoms with Gasteiger partial charge in [-0.25, -0.2) is 8.78 Å². The summed E-state index contributed by atoms with van der Waals surface area (Å²) in [5.41, 5.74) is 3.19. The van der Waals surface area contributed by atoms with Crippen molar-refractivity contribution in [1.29, 1.82) is 0 Å². The van der Waals surface area contributed by atoms with Crippen molar-refractivity contribution in [3.05, 3.63) is 101 Å². The van der Waals surface area contributed by atoms with Gasteiger partial charge in [-0.05, 0) is 59.7 Å². The Bertz CT molecular complexity index is 1220. The summed E-state index contributed by atoms with van der Waals surface area (Å²) in [5.74, 6) is -0.948. The van der Waals surface area contributed by atoms with Crippen molar-refractivity contribution in [3.63, 3.8) is 0 Å². The van der Waals surface area contributed by atoms with Crippen LogP contribution in [-0.4, -0.2) is 36.3 Å². The molecule has 3 N–H and O–H groups in total. The van der Waals surface area contributed by atoms with Crippen LogP contribution in [-0.2, 0) is 12.8 Å². The summed E-state index contributed by atoms with van der Waals surface area (Å²) in [4.78, 5) is 12.9. The van der Waals surface area contributed by atoms with E-state index < -0.39 is 23.8 Å². The number of carbonyl (C=O) groups is 1. The van der Waals surface area contributed by atoms with Crippen LogP contribution in [0.2, 0.25) is 0 Å². The molecule has 4 rings (SSSR count). The van der Waals surface area contributed by atoms with E-state index >= 15 is 0 Å². The first-order valence-electron chi connectivity index (χ1n) is 13.1. The van der Waals surface area contributed by atoms with Crippen LogP contribution in [0.15, 0.2) is 66.7 Å². The minimum atomic E-state index is -1.02. The highest BCUT2D eigenvalue weighted by atomic mass is 19.1. The van der Waals surface area contributed by atoms with Crippen molar-refractivity contribution < 1.29 is 23.4 Å². The van der Waals surface area contributed by atoms with Crippen LogP contribution in [0.3, 0.4) is 0 Å². The van der Waals surface area contributed by atoms with E-state index in [2.05, 4.69) is 43.5 Å². The second-order valence-electron chi connectivity index (χ2n) is 11.2. The van der Waals surface area contributed by atoms with E-state index in [1.165, 1.54) is 17.7 Å². The fourth-order valence-electron chi connectivity index (χ4n) is 4.89. The number of aliphatic hydroxyl groups is 1. The summed E-state index contributed by atoms with van der Waals surface area (Å²) in [6.45, 7) is 7.32. The molecule has 202 valence electrons. The average molecular weight is 523 g/mol. The molecule has 0 saturated heterocycles. The summed E-state index contributed by atoms with van der Waals surface area (Å²) in [6.07, 6.45) is 0.705. The van der Waals surface area contributed by atoms with Gasteiger partial charge in [0.25, 0.3) is 5.91 Å². The maximum absolute atomic E-state index is 13.9. The maximum Gasteiger partial charge on any atom is 0.251 e. The smallest absolute Gasteiger partial charge is 0.251 e. The van der Waals surface area contributed by atoms with Crippen molar-refractivity contribution >= 4 is 5.91 Å². The maximum atomic E-state index is 13.9. The van der Waals surface area contributed by atoms with Gasteiger partial charge in [-0.3, -0.25) is 4.79 Å². The molecule has 0 spiro atoms. The molecule has 0 radical (unpaired) electrons. The van der Waals surface area contributed by atoms with Crippen LogP contribution in [0.25, 0.3) is 0 Å². The van der Waals surface area contributed by atoms with Crippen LogP contribution in [0.5, 0.6) is 5.75 Å². The molecule has 1 aliphatic heterocycles. The average Bonchev–Trinajstić information content (AvgIpc) is 2.85. The molecule has 0 fully saturated rings. The molecule has 0 unspecified atom stereocenters. The third kappa shape index (κ3) is 7.62. The first-order valence-corrected chi connectivity index (χ1v) is 13.1. The molecule has 3 aromatic rings. The highest BCUT2D eigenvalue weighted by molar-refractivity contribution is 5.94. The molecule has 5 nitrogen and oxygen atoms in total. The van der Waals surface area contributed by atoms with Gasteiger partial charge in [-0.15, -0.1) is 0 Å². The van der Waals surface area contributed by atoms with Gasteiger partial charge in [0.1, 0.15) is 17.4 Å². The molecule has 3 atom stereocenters. The van der Waals surface area contributed by atoms with Crippen molar-refractivity contribution in [3.8, 4) is 5.75 Å². The van der Waals surface area contributed by atoms with Gasteiger partial charge >= 0.3 is 0 Å². The van der Waals surface area contributed by atoms with Crippen molar-refractivity contribution in [1.82, 2.24) is 10.6 Å². The summed E-state index contributed by atoms with van der Waals surface area (Å²) < 4.78 is 33.6. The summed E-state index contributed by atoms with van der Waals surface area (Å²) in [6, 6.07) is 17.3. The van der Waals surface area contributed by atoms with Gasteiger partial charge in [0, 0.05) is 36.2 Å². The van der Waals surface area contributed by atoms with Crippen LogP contribution >= 0.6 is 0 Å². The lowest BCUT2D eigenvalue weighted by Crippen LogP contribution is -2.49. The summed E-state index contributed by atoms with van der Waals surface area (Å²) in [7, 11) is 0. The van der Waals surface area contributed by atoms with Gasteiger partial charge in [0.05, 0.1) is 18.8 Å². The summed E-state index contributed by atoms with van der Waals surface area (Å²) in [5, 5.41) is 17.5. The van der Waals surface area contributed by atoms with Crippen LogP contribution in [0.4, 0.5) is 8.78 Å². The number of hydrogen-bond donors (Lipinski definition) is 3. The molecule has 0 aliphatic carbocycles. The normalized spacial score (nSPS) is 16.7. The first-order chi connectivity index (χ1) is 18.1. The molecule has 7 heteroatoms. The number of aliphatic hydroxyl groups excluding tert-OH is 1. The van der Waals surface area contributed by atoms with Gasteiger partial charge in [-0.2, -0.15) is 0 Å². The third-order valence-electron chi connectivity index (χ3n) is 6.62. The lowest BCUT2D eigenvalue weighted by atomic mass is 9.86. The van der Waals surface area contributed by atoms with E-state index in [0.717, 1.165) is 30.2 Å². The molecular formula is C31H36F2N2O3. The Hall–Kier alpha value is -3.29. The number of amides is 1. The molecule has 0 saturated carbocycles. The highest BCUT2D eigenvalue weighted by Gasteiger charge is 2.27. The van der Waals surface area contributed by atoms with Gasteiger partial charge in [-0.1, -0.05) is 51.1 Å². The first kappa shape index (κ1) is 27.7. The molecule has 0 bridgehead atoms. The predicted octanol–water partition coefficient (Wildman–Crippen LogP) is 5.37. The summed E-state index contributed by atoms with van der Waals surface area (Å²) >= 11 is 0. The minimum absolute atomic E-state index is 0.0367. The largest absolute Gasteiger partial charge is 0.493 e. The van der Waals surface area contributed by atoms with Crippen LogP contribution < -0.4 is 15.4 Å². The van der Waals surface area contributed by atoms with E-state index in [1.54, 1.807) is 30.3 Å². The third-order valence-corrected chi connectivity index (χ3v) is 6.62. The standard InChI is InChI=1S/C31H36F2N2O3/c1-31(2,3)18-20-9-10-29-25(15-20)26(11-12-38-29)34-19-28(36)27(16-21-13-23(32)17-24(33)14-21)35-30(37)22-7-5-4-6-8-22/h4-10,13-15,17,26-28,34,36H,11-12,16,18-19H2,1-3H3,(H,35,37)/t26-,27-,28-/m0/s1. The number of halogens is 2. The molecule has 1 amide bonds. The highest BCUT2D eigenvalue weighted by Crippen LogP contribution is 2.34. The number of ether oxygens (including phenoxy) is 1. The number of carbonyl (C=O) groups excluding carboxylic acids is 1. The monoisotopic (exact) mass is 522 g/mol. The zero-order chi connectivity index (χ0) is 27.3. The minimum Gasteiger partial charge on any atom is -0.493 e. The number of rotatable bonds is 9. The Morgan fingerprint density at radius 3 is 2.42 bits per heavy atom. The lowest BCUT2D eigenvalue weighted by Gasteiger charge is -2.31. The van der Waals surface area contributed by atoms with Gasteiger partial charge in [0.2, 0.25) is 0 Å². The second kappa shape index (κ2) is 12.0. The molecule has 1 aliphatic rings. The van der Waals surface area contributed by atoms with E-state index in [1.807, 2.05) is 6.07 Å². The number of fused-ring (bicyclic) bond motifs is 1. The predicted molar refractivity (Wildman–Crippen MR) is 144 cm³/mol. The SMILES string of the molecule is CC(C)(C)Cc1ccc2c(c1)[C@@H](NC[C@H](O)[C@H](Cc1cc(F)cc(F)c1)NC(=O)c1ccccc1)CCO2. The van der Waals surface area contributed by atoms with Crippen molar-refractivity contribution in [2.24, 2.45) is 5.41 Å². The molecular weight excluding hydrogens is 486 g/mol. The quantitative estimate of drug-likeness (QED) is 0.354. The zero-order valence-corrected chi connectivity index (χ0v) is 22.1. The number of nitrogens with one attached hydrogen (secondary N) is 2. The Labute approximate surface area is 223 Å². The second-order valence-corrected chi connectivity index (χ2v) is 11.2. The molecule has 3 aromatic carbocycles. The number of hydrogen-bond acceptors (Lipinski definition) is 4.